The molecule has 1 aromatic carbocycles. The first-order valence-electron chi connectivity index (χ1n) is 9.95. The van der Waals surface area contributed by atoms with Crippen LogP contribution in [-0.2, 0) is 24.1 Å². The fourth-order valence-electron chi connectivity index (χ4n) is 4.17. The highest BCUT2D eigenvalue weighted by molar-refractivity contribution is 6.34. The number of hydrogen-bond donors (Lipinski definition) is 1. The van der Waals surface area contributed by atoms with E-state index in [-0.39, 0.29) is 5.91 Å². The van der Waals surface area contributed by atoms with Crippen molar-refractivity contribution in [3.63, 3.8) is 0 Å². The number of benzene rings is 1. The van der Waals surface area contributed by atoms with Gasteiger partial charge in [-0.3, -0.25) is 4.79 Å². The molecule has 0 spiro atoms. The molecule has 136 valence electrons. The monoisotopic (exact) mass is 349 g/mol. The van der Waals surface area contributed by atoms with Crippen LogP contribution in [0.25, 0.3) is 11.6 Å². The molecular weight excluding hydrogens is 322 g/mol. The van der Waals surface area contributed by atoms with Gasteiger partial charge in [0.2, 0.25) is 0 Å². The van der Waals surface area contributed by atoms with Gasteiger partial charge in [0.25, 0.3) is 5.91 Å². The molecule has 1 N–H and O–H groups in total. The van der Waals surface area contributed by atoms with Gasteiger partial charge in [0.15, 0.2) is 0 Å². The number of anilines is 1. The van der Waals surface area contributed by atoms with E-state index in [0.29, 0.717) is 0 Å². The van der Waals surface area contributed by atoms with Crippen LogP contribution in [0.3, 0.4) is 0 Å². The lowest BCUT2D eigenvalue weighted by atomic mass is 9.91. The zero-order chi connectivity index (χ0) is 18.1. The first-order chi connectivity index (χ1) is 12.7. The SMILES string of the molecule is CCCCCc1c(C=C2C(=O)Nc3ccc(C)cc32)oc2c1CCCC2. The summed E-state index contributed by atoms with van der Waals surface area (Å²) in [6, 6.07) is 6.10. The molecule has 3 nitrogen and oxygen atoms in total. The van der Waals surface area contributed by atoms with E-state index in [9.17, 15) is 4.79 Å². The second-order valence-corrected chi connectivity index (χ2v) is 7.57. The average Bonchev–Trinajstić information content (AvgIpc) is 3.13. The molecule has 0 saturated carbocycles. The summed E-state index contributed by atoms with van der Waals surface area (Å²) in [7, 11) is 0. The minimum absolute atomic E-state index is 0.0283. The van der Waals surface area contributed by atoms with Crippen LogP contribution in [0.1, 0.15) is 72.8 Å². The van der Waals surface area contributed by atoms with E-state index >= 15 is 0 Å². The Hall–Kier alpha value is -2.29. The van der Waals surface area contributed by atoms with Gasteiger partial charge >= 0.3 is 0 Å². The number of nitrogens with one attached hydrogen (secondary N) is 1. The molecule has 0 saturated heterocycles. The second kappa shape index (κ2) is 7.14. The van der Waals surface area contributed by atoms with Crippen molar-refractivity contribution < 1.29 is 9.21 Å². The van der Waals surface area contributed by atoms with E-state index in [0.717, 1.165) is 53.2 Å². The molecule has 0 fully saturated rings. The maximum atomic E-state index is 12.5. The second-order valence-electron chi connectivity index (χ2n) is 7.57. The summed E-state index contributed by atoms with van der Waals surface area (Å²) in [5, 5.41) is 2.98. The average molecular weight is 349 g/mol. The van der Waals surface area contributed by atoms with Crippen LogP contribution >= 0.6 is 0 Å². The van der Waals surface area contributed by atoms with Gasteiger partial charge in [-0.1, -0.05) is 31.4 Å². The summed E-state index contributed by atoms with van der Waals surface area (Å²) in [5.74, 6) is 2.03. The zero-order valence-corrected chi connectivity index (χ0v) is 15.8. The highest BCUT2D eigenvalue weighted by Crippen LogP contribution is 2.37. The topological polar surface area (TPSA) is 42.2 Å². The number of hydrogen-bond acceptors (Lipinski definition) is 2. The molecule has 0 bridgehead atoms. The maximum absolute atomic E-state index is 12.5. The van der Waals surface area contributed by atoms with E-state index in [1.807, 2.05) is 18.2 Å². The summed E-state index contributed by atoms with van der Waals surface area (Å²) in [6.45, 7) is 4.29. The van der Waals surface area contributed by atoms with Crippen molar-refractivity contribution in [2.45, 2.75) is 65.2 Å². The number of carbonyl (C=O) groups is 1. The lowest BCUT2D eigenvalue weighted by Crippen LogP contribution is -2.04. The molecule has 2 aliphatic rings. The quantitative estimate of drug-likeness (QED) is 0.556. The molecular formula is C23H27NO2. The minimum atomic E-state index is -0.0283. The first-order valence-corrected chi connectivity index (χ1v) is 9.95. The normalized spacial score (nSPS) is 17.3. The predicted octanol–water partition coefficient (Wildman–Crippen LogP) is 5.69. The molecule has 0 unspecified atom stereocenters. The number of amides is 1. The molecule has 1 amide bonds. The van der Waals surface area contributed by atoms with Crippen molar-refractivity contribution in [2.24, 2.45) is 0 Å². The highest BCUT2D eigenvalue weighted by atomic mass is 16.3. The standard InChI is InChI=1S/C23H27NO2/c1-3-4-5-8-17-16-9-6-7-10-21(16)26-22(17)14-19-18-13-15(2)11-12-20(18)24-23(19)25/h11-14H,3-10H2,1-2H3,(H,24,25). The fourth-order valence-corrected chi connectivity index (χ4v) is 4.17. The van der Waals surface area contributed by atoms with Gasteiger partial charge in [0.05, 0.1) is 5.57 Å². The maximum Gasteiger partial charge on any atom is 0.256 e. The van der Waals surface area contributed by atoms with Crippen LogP contribution in [0.5, 0.6) is 0 Å². The van der Waals surface area contributed by atoms with E-state index < -0.39 is 0 Å². The Morgan fingerprint density at radius 3 is 2.88 bits per heavy atom. The Bertz CT molecular complexity index is 873. The predicted molar refractivity (Wildman–Crippen MR) is 106 cm³/mol. The molecule has 0 radical (unpaired) electrons. The Morgan fingerprint density at radius 1 is 1.19 bits per heavy atom. The Labute approximate surface area is 155 Å². The molecule has 4 rings (SSSR count). The lowest BCUT2D eigenvalue weighted by molar-refractivity contribution is -0.110. The summed E-state index contributed by atoms with van der Waals surface area (Å²) in [4.78, 5) is 12.5. The smallest absolute Gasteiger partial charge is 0.256 e. The summed E-state index contributed by atoms with van der Waals surface area (Å²) in [5.41, 5.74) is 6.54. The Balaban J connectivity index is 1.76. The van der Waals surface area contributed by atoms with Crippen molar-refractivity contribution in [1.29, 1.82) is 0 Å². The third kappa shape index (κ3) is 3.11. The molecule has 2 heterocycles. The first kappa shape index (κ1) is 17.1. The number of carbonyl (C=O) groups excluding carboxylic acids is 1. The van der Waals surface area contributed by atoms with Gasteiger partial charge < -0.3 is 9.73 Å². The molecule has 1 aromatic heterocycles. The van der Waals surface area contributed by atoms with Crippen LogP contribution in [0.2, 0.25) is 0 Å². The van der Waals surface area contributed by atoms with Crippen molar-refractivity contribution in [3.8, 4) is 0 Å². The van der Waals surface area contributed by atoms with E-state index in [1.165, 1.54) is 43.2 Å². The van der Waals surface area contributed by atoms with Crippen LogP contribution in [0.15, 0.2) is 22.6 Å². The number of unbranched alkanes of at least 4 members (excludes halogenated alkanes) is 2. The highest BCUT2D eigenvalue weighted by Gasteiger charge is 2.27. The molecule has 0 atom stereocenters. The van der Waals surface area contributed by atoms with E-state index in [1.54, 1.807) is 0 Å². The van der Waals surface area contributed by atoms with Crippen LogP contribution in [0, 0.1) is 6.92 Å². The number of fused-ring (bicyclic) bond motifs is 2. The van der Waals surface area contributed by atoms with Gasteiger partial charge in [0, 0.05) is 23.2 Å². The van der Waals surface area contributed by atoms with E-state index in [4.69, 9.17) is 4.42 Å². The van der Waals surface area contributed by atoms with Crippen molar-refractivity contribution in [1.82, 2.24) is 0 Å². The summed E-state index contributed by atoms with van der Waals surface area (Å²) in [6.07, 6.45) is 11.3. The van der Waals surface area contributed by atoms with E-state index in [2.05, 4.69) is 25.2 Å². The third-order valence-corrected chi connectivity index (χ3v) is 5.58. The molecule has 1 aliphatic carbocycles. The van der Waals surface area contributed by atoms with Gasteiger partial charge in [-0.2, -0.15) is 0 Å². The van der Waals surface area contributed by atoms with Crippen LogP contribution in [-0.4, -0.2) is 5.91 Å². The number of furan rings is 1. The minimum Gasteiger partial charge on any atom is -0.461 e. The molecule has 2 aromatic rings. The van der Waals surface area contributed by atoms with Crippen molar-refractivity contribution in [2.75, 3.05) is 5.32 Å². The summed E-state index contributed by atoms with van der Waals surface area (Å²) < 4.78 is 6.27. The Kier molecular flexibility index (Phi) is 4.71. The number of rotatable bonds is 5. The van der Waals surface area contributed by atoms with Gasteiger partial charge in [-0.15, -0.1) is 0 Å². The van der Waals surface area contributed by atoms with Crippen LogP contribution in [0.4, 0.5) is 5.69 Å². The van der Waals surface area contributed by atoms with Gasteiger partial charge in [-0.05, 0) is 62.8 Å². The largest absolute Gasteiger partial charge is 0.461 e. The summed E-state index contributed by atoms with van der Waals surface area (Å²) >= 11 is 0. The third-order valence-electron chi connectivity index (χ3n) is 5.58. The van der Waals surface area contributed by atoms with Gasteiger partial charge in [0.1, 0.15) is 11.5 Å². The number of aryl methyl sites for hydroxylation is 2. The Morgan fingerprint density at radius 2 is 2.04 bits per heavy atom. The van der Waals surface area contributed by atoms with Crippen molar-refractivity contribution in [3.05, 3.63) is 52.0 Å². The van der Waals surface area contributed by atoms with Gasteiger partial charge in [-0.25, -0.2) is 0 Å². The molecule has 26 heavy (non-hydrogen) atoms. The zero-order valence-electron chi connectivity index (χ0n) is 15.8. The lowest BCUT2D eigenvalue weighted by Gasteiger charge is -2.10. The van der Waals surface area contributed by atoms with Crippen molar-refractivity contribution >= 4 is 23.2 Å². The molecule has 1 aliphatic heterocycles. The fraction of sp³-hybridized carbons (Fsp3) is 0.435. The molecule has 3 heteroatoms. The van der Waals surface area contributed by atoms with Crippen LogP contribution < -0.4 is 5.32 Å².